The first-order chi connectivity index (χ1) is 12.2. The number of hydrogen-bond donors (Lipinski definition) is 1. The lowest BCUT2D eigenvalue weighted by atomic mass is 10.3. The molecule has 0 aliphatic carbocycles. The molecule has 0 atom stereocenters. The smallest absolute Gasteiger partial charge is 0.408 e. The number of rotatable bonds is 5. The van der Waals surface area contributed by atoms with Gasteiger partial charge in [-0.1, -0.05) is 17.7 Å². The maximum absolute atomic E-state index is 12.6. The predicted octanol–water partition coefficient (Wildman–Crippen LogP) is 2.98. The fraction of sp³-hybridized carbons (Fsp3) is 0.133. The largest absolute Gasteiger partial charge is 0.419 e. The molecule has 0 aliphatic rings. The van der Waals surface area contributed by atoms with E-state index in [4.69, 9.17) is 16.0 Å². The van der Waals surface area contributed by atoms with Gasteiger partial charge in [0.1, 0.15) is 4.90 Å². The van der Waals surface area contributed by atoms with Crippen molar-refractivity contribution in [2.45, 2.75) is 18.4 Å². The van der Waals surface area contributed by atoms with E-state index in [2.05, 4.69) is 4.72 Å². The highest BCUT2D eigenvalue weighted by Gasteiger charge is 2.22. The number of hydrogen-bond acceptors (Lipinski definition) is 6. The fourth-order valence-corrected chi connectivity index (χ4v) is 4.05. The van der Waals surface area contributed by atoms with Crippen molar-refractivity contribution in [2.24, 2.45) is 0 Å². The van der Waals surface area contributed by atoms with Crippen molar-refractivity contribution in [3.8, 4) is 0 Å². The van der Waals surface area contributed by atoms with E-state index >= 15 is 0 Å². The highest BCUT2D eigenvalue weighted by atomic mass is 35.5. The van der Waals surface area contributed by atoms with Crippen LogP contribution >= 0.6 is 11.6 Å². The zero-order chi connectivity index (χ0) is 19.1. The van der Waals surface area contributed by atoms with Crippen LogP contribution in [0.15, 0.2) is 50.5 Å². The molecule has 0 fully saturated rings. The molecule has 1 aromatic heterocycles. The molecule has 26 heavy (non-hydrogen) atoms. The first-order valence-corrected chi connectivity index (χ1v) is 9.19. The number of aryl methyl sites for hydroxylation is 1. The molecule has 3 rings (SSSR count). The van der Waals surface area contributed by atoms with Crippen LogP contribution in [0, 0.1) is 10.1 Å². The van der Waals surface area contributed by atoms with Gasteiger partial charge in [0.15, 0.2) is 5.58 Å². The molecule has 0 radical (unpaired) electrons. The monoisotopic (exact) mass is 397 g/mol. The number of oxazole rings is 1. The Bertz CT molecular complexity index is 1180. The van der Waals surface area contributed by atoms with Gasteiger partial charge in [0.25, 0.3) is 15.7 Å². The molecule has 2 aromatic carbocycles. The molecule has 0 saturated heterocycles. The third kappa shape index (κ3) is 3.16. The van der Waals surface area contributed by atoms with E-state index in [0.717, 1.165) is 12.1 Å². The predicted molar refractivity (Wildman–Crippen MR) is 95.1 cm³/mol. The van der Waals surface area contributed by atoms with Gasteiger partial charge >= 0.3 is 5.76 Å². The zero-order valence-electron chi connectivity index (χ0n) is 13.3. The van der Waals surface area contributed by atoms with E-state index in [1.807, 2.05) is 0 Å². The molecule has 1 heterocycles. The lowest BCUT2D eigenvalue weighted by Gasteiger charge is -2.09. The van der Waals surface area contributed by atoms with Crippen molar-refractivity contribution in [3.05, 3.63) is 62.1 Å². The van der Waals surface area contributed by atoms with Crippen LogP contribution in [0.1, 0.15) is 6.92 Å². The highest BCUT2D eigenvalue weighted by Crippen LogP contribution is 2.29. The molecule has 1 N–H and O–H groups in total. The molecule has 9 nitrogen and oxygen atoms in total. The van der Waals surface area contributed by atoms with Gasteiger partial charge in [-0.3, -0.25) is 19.4 Å². The maximum atomic E-state index is 12.6. The summed E-state index contributed by atoms with van der Waals surface area (Å²) in [5.74, 6) is -0.625. The summed E-state index contributed by atoms with van der Waals surface area (Å²) in [5, 5.41) is 10.7. The molecule has 3 aromatic rings. The van der Waals surface area contributed by atoms with E-state index in [-0.39, 0.29) is 26.9 Å². The standard InChI is InChI=1S/C15H12ClN3O6S/c1-2-18-12-7-11(16)14(8-13(12)25-15(18)20)26(23,24)17-9-4-3-5-10(6-9)19(21)22/h3-8,17H,2H2,1H3. The molecule has 0 unspecified atom stereocenters. The Labute approximate surface area is 152 Å². The second kappa shape index (κ2) is 6.46. The molecule has 0 amide bonds. The number of nitrogens with one attached hydrogen (secondary N) is 1. The summed E-state index contributed by atoms with van der Waals surface area (Å²) in [6, 6.07) is 7.50. The lowest BCUT2D eigenvalue weighted by molar-refractivity contribution is -0.384. The van der Waals surface area contributed by atoms with Crippen molar-refractivity contribution in [1.82, 2.24) is 4.57 Å². The highest BCUT2D eigenvalue weighted by molar-refractivity contribution is 7.92. The number of non-ortho nitro benzene ring substituents is 1. The van der Waals surface area contributed by atoms with Crippen LogP contribution in [0.25, 0.3) is 11.1 Å². The van der Waals surface area contributed by atoms with E-state index in [1.165, 1.54) is 28.8 Å². The van der Waals surface area contributed by atoms with Gasteiger partial charge in [-0.2, -0.15) is 0 Å². The van der Waals surface area contributed by atoms with E-state index < -0.39 is 20.7 Å². The summed E-state index contributed by atoms with van der Waals surface area (Å²) in [5.41, 5.74) is 0.179. The number of fused-ring (bicyclic) bond motifs is 1. The Kier molecular flexibility index (Phi) is 4.46. The maximum Gasteiger partial charge on any atom is 0.419 e. The third-order valence-electron chi connectivity index (χ3n) is 3.64. The van der Waals surface area contributed by atoms with Crippen LogP contribution < -0.4 is 10.5 Å². The number of aromatic nitrogens is 1. The van der Waals surface area contributed by atoms with E-state index in [0.29, 0.717) is 12.1 Å². The van der Waals surface area contributed by atoms with Gasteiger partial charge in [0.05, 0.1) is 21.2 Å². The second-order valence-electron chi connectivity index (χ2n) is 5.28. The molecule has 0 aliphatic heterocycles. The van der Waals surface area contributed by atoms with Crippen LogP contribution in [0.5, 0.6) is 0 Å². The van der Waals surface area contributed by atoms with Crippen LogP contribution in [0.2, 0.25) is 5.02 Å². The minimum Gasteiger partial charge on any atom is -0.408 e. The molecule has 0 spiro atoms. The summed E-state index contributed by atoms with van der Waals surface area (Å²) in [6.45, 7) is 2.07. The minimum atomic E-state index is -4.16. The fourth-order valence-electron chi connectivity index (χ4n) is 2.46. The summed E-state index contributed by atoms with van der Waals surface area (Å²) in [7, 11) is -4.16. The number of nitro benzene ring substituents is 1. The minimum absolute atomic E-state index is 0.00273. The number of nitrogens with zero attached hydrogens (tertiary/aromatic N) is 2. The molecule has 11 heteroatoms. The van der Waals surface area contributed by atoms with E-state index in [9.17, 15) is 23.3 Å². The quantitative estimate of drug-likeness (QED) is 0.521. The van der Waals surface area contributed by atoms with E-state index in [1.54, 1.807) is 6.92 Å². The van der Waals surface area contributed by atoms with Gasteiger partial charge in [-0.25, -0.2) is 13.2 Å². The van der Waals surface area contributed by atoms with Crippen molar-refractivity contribution in [2.75, 3.05) is 4.72 Å². The van der Waals surface area contributed by atoms with Gasteiger partial charge in [-0.05, 0) is 19.1 Å². The zero-order valence-corrected chi connectivity index (χ0v) is 14.9. The summed E-state index contributed by atoms with van der Waals surface area (Å²) >= 11 is 6.09. The Morgan fingerprint density at radius 2 is 2.04 bits per heavy atom. The number of halogens is 1. The lowest BCUT2D eigenvalue weighted by Crippen LogP contribution is -2.14. The molecular weight excluding hydrogens is 386 g/mol. The number of sulfonamides is 1. The first kappa shape index (κ1) is 18.0. The van der Waals surface area contributed by atoms with Gasteiger partial charge in [0, 0.05) is 24.7 Å². The van der Waals surface area contributed by atoms with Crippen LogP contribution in [0.4, 0.5) is 11.4 Å². The van der Waals surface area contributed by atoms with Gasteiger partial charge in [0.2, 0.25) is 0 Å². The molecule has 136 valence electrons. The van der Waals surface area contributed by atoms with Gasteiger partial charge in [-0.15, -0.1) is 0 Å². The average Bonchev–Trinajstić information content (AvgIpc) is 2.88. The molecule has 0 bridgehead atoms. The van der Waals surface area contributed by atoms with Crippen molar-refractivity contribution in [1.29, 1.82) is 0 Å². The van der Waals surface area contributed by atoms with Crippen molar-refractivity contribution in [3.63, 3.8) is 0 Å². The Hall–Kier alpha value is -2.85. The van der Waals surface area contributed by atoms with Crippen molar-refractivity contribution < 1.29 is 17.8 Å². The summed E-state index contributed by atoms with van der Waals surface area (Å²) < 4.78 is 33.8. The van der Waals surface area contributed by atoms with Gasteiger partial charge < -0.3 is 4.42 Å². The Morgan fingerprint density at radius 3 is 2.69 bits per heavy atom. The van der Waals surface area contributed by atoms with Crippen LogP contribution in [-0.2, 0) is 16.6 Å². The Balaban J connectivity index is 2.07. The summed E-state index contributed by atoms with van der Waals surface area (Å²) in [6.07, 6.45) is 0. The van der Waals surface area contributed by atoms with Crippen LogP contribution in [0.3, 0.4) is 0 Å². The number of anilines is 1. The molecule has 0 saturated carbocycles. The third-order valence-corrected chi connectivity index (χ3v) is 5.48. The number of nitro groups is 1. The molecular formula is C15H12ClN3O6S. The van der Waals surface area contributed by atoms with Crippen LogP contribution in [-0.4, -0.2) is 17.9 Å². The second-order valence-corrected chi connectivity index (χ2v) is 7.33. The SMILES string of the molecule is CCn1c(=O)oc2cc(S(=O)(=O)Nc3cccc([N+](=O)[O-])c3)c(Cl)cc21. The topological polar surface area (TPSA) is 124 Å². The summed E-state index contributed by atoms with van der Waals surface area (Å²) in [4.78, 5) is 21.6. The Morgan fingerprint density at radius 1 is 1.31 bits per heavy atom. The first-order valence-electron chi connectivity index (χ1n) is 7.33. The normalized spacial score (nSPS) is 11.6. The number of benzene rings is 2. The average molecular weight is 398 g/mol. The van der Waals surface area contributed by atoms with Crippen molar-refractivity contribution >= 4 is 44.1 Å².